The summed E-state index contributed by atoms with van der Waals surface area (Å²) in [4.78, 5) is 16.2. The molecule has 1 heterocycles. The smallest absolute Gasteiger partial charge is 0.319 e. The zero-order chi connectivity index (χ0) is 20.9. The van der Waals surface area contributed by atoms with Gasteiger partial charge in [-0.05, 0) is 54.1 Å². The van der Waals surface area contributed by atoms with E-state index in [9.17, 15) is 13.2 Å². The molecule has 7 nitrogen and oxygen atoms in total. The van der Waals surface area contributed by atoms with Gasteiger partial charge < -0.3 is 15.4 Å². The average Bonchev–Trinajstić information content (AvgIpc) is 2.73. The molecule has 0 fully saturated rings. The van der Waals surface area contributed by atoms with Crippen LogP contribution >= 0.6 is 15.9 Å². The highest BCUT2D eigenvalue weighted by atomic mass is 79.9. The van der Waals surface area contributed by atoms with Gasteiger partial charge in [0.1, 0.15) is 10.6 Å². The molecule has 2 aromatic carbocycles. The summed E-state index contributed by atoms with van der Waals surface area (Å²) in [6, 6.07) is 13.9. The number of carbonyl (C=O) groups excluding carboxylic acids is 1. The molecule has 150 valence electrons. The summed E-state index contributed by atoms with van der Waals surface area (Å²) in [6.07, 6.45) is 3.32. The molecule has 0 bridgehead atoms. The van der Waals surface area contributed by atoms with E-state index in [-0.39, 0.29) is 15.5 Å². The predicted octanol–water partition coefficient (Wildman–Crippen LogP) is 4.01. The summed E-state index contributed by atoms with van der Waals surface area (Å²) in [7, 11) is -2.36. The SMILES string of the molecule is COc1cc(Br)ccc1S(=O)(=O)c1ccc(NC(=O)NCc2cccnc2)cc1. The Morgan fingerprint density at radius 2 is 1.90 bits per heavy atom. The molecule has 0 radical (unpaired) electrons. The molecule has 0 spiro atoms. The number of rotatable bonds is 6. The van der Waals surface area contributed by atoms with Crippen LogP contribution in [0.2, 0.25) is 0 Å². The van der Waals surface area contributed by atoms with Crippen molar-refractivity contribution in [2.45, 2.75) is 16.3 Å². The van der Waals surface area contributed by atoms with Crippen molar-refractivity contribution in [3.63, 3.8) is 0 Å². The summed E-state index contributed by atoms with van der Waals surface area (Å²) in [6.45, 7) is 0.329. The first-order valence-electron chi connectivity index (χ1n) is 8.52. The predicted molar refractivity (Wildman–Crippen MR) is 113 cm³/mol. The van der Waals surface area contributed by atoms with E-state index in [0.717, 1.165) is 5.56 Å². The molecular weight excluding hydrogens is 458 g/mol. The van der Waals surface area contributed by atoms with Gasteiger partial charge in [-0.3, -0.25) is 4.98 Å². The Morgan fingerprint density at radius 3 is 2.55 bits per heavy atom. The van der Waals surface area contributed by atoms with Gasteiger partial charge in [0.25, 0.3) is 0 Å². The van der Waals surface area contributed by atoms with Crippen molar-refractivity contribution in [3.05, 3.63) is 77.0 Å². The number of nitrogens with one attached hydrogen (secondary N) is 2. The van der Waals surface area contributed by atoms with Gasteiger partial charge in [-0.15, -0.1) is 0 Å². The van der Waals surface area contributed by atoms with Crippen molar-refractivity contribution in [1.29, 1.82) is 0 Å². The van der Waals surface area contributed by atoms with Crippen LogP contribution in [0.1, 0.15) is 5.56 Å². The quantitative estimate of drug-likeness (QED) is 0.561. The van der Waals surface area contributed by atoms with Crippen LogP contribution in [0, 0.1) is 0 Å². The molecule has 0 aliphatic rings. The third kappa shape index (κ3) is 5.12. The standard InChI is InChI=1S/C20H18BrN3O4S/c1-28-18-11-15(21)4-9-19(18)29(26,27)17-7-5-16(6-8-17)24-20(25)23-13-14-3-2-10-22-12-14/h2-12H,13H2,1H3,(H2,23,24,25). The number of anilines is 1. The average molecular weight is 476 g/mol. The second kappa shape index (κ2) is 9.06. The summed E-state index contributed by atoms with van der Waals surface area (Å²) in [5, 5.41) is 5.37. The number of carbonyl (C=O) groups is 1. The number of aromatic nitrogens is 1. The molecule has 0 aliphatic heterocycles. The van der Waals surface area contributed by atoms with E-state index in [4.69, 9.17) is 4.74 Å². The van der Waals surface area contributed by atoms with Crippen molar-refractivity contribution >= 4 is 37.5 Å². The number of ether oxygens (including phenoxy) is 1. The van der Waals surface area contributed by atoms with E-state index >= 15 is 0 Å². The van der Waals surface area contributed by atoms with Gasteiger partial charge in [0.05, 0.1) is 12.0 Å². The first-order chi connectivity index (χ1) is 13.9. The van der Waals surface area contributed by atoms with Gasteiger partial charge in [0, 0.05) is 29.1 Å². The first kappa shape index (κ1) is 20.8. The molecule has 9 heteroatoms. The van der Waals surface area contributed by atoms with E-state index in [1.165, 1.54) is 37.4 Å². The lowest BCUT2D eigenvalue weighted by Gasteiger charge is -2.11. The Kier molecular flexibility index (Phi) is 6.50. The normalized spacial score (nSPS) is 11.0. The number of hydrogen-bond acceptors (Lipinski definition) is 5. The second-order valence-electron chi connectivity index (χ2n) is 5.99. The van der Waals surface area contributed by atoms with Gasteiger partial charge in [0.2, 0.25) is 9.84 Å². The summed E-state index contributed by atoms with van der Waals surface area (Å²) in [5.41, 5.74) is 1.34. The fourth-order valence-corrected chi connectivity index (χ4v) is 4.31. The highest BCUT2D eigenvalue weighted by Crippen LogP contribution is 2.32. The summed E-state index contributed by atoms with van der Waals surface area (Å²) >= 11 is 3.30. The molecule has 3 rings (SSSR count). The van der Waals surface area contributed by atoms with Crippen molar-refractivity contribution in [3.8, 4) is 5.75 Å². The highest BCUT2D eigenvalue weighted by molar-refractivity contribution is 9.10. The molecule has 0 atom stereocenters. The van der Waals surface area contributed by atoms with E-state index in [1.54, 1.807) is 30.6 Å². The van der Waals surface area contributed by atoms with Crippen LogP contribution in [0.5, 0.6) is 5.75 Å². The number of sulfone groups is 1. The molecule has 3 aromatic rings. The monoisotopic (exact) mass is 475 g/mol. The van der Waals surface area contributed by atoms with Crippen molar-refractivity contribution in [1.82, 2.24) is 10.3 Å². The largest absolute Gasteiger partial charge is 0.495 e. The maximum atomic E-state index is 12.9. The number of methoxy groups -OCH3 is 1. The van der Waals surface area contributed by atoms with Crippen LogP contribution in [0.25, 0.3) is 0 Å². The lowest BCUT2D eigenvalue weighted by molar-refractivity contribution is 0.251. The molecule has 2 amide bonds. The number of hydrogen-bond donors (Lipinski definition) is 2. The van der Waals surface area contributed by atoms with Crippen LogP contribution in [0.3, 0.4) is 0 Å². The Labute approximate surface area is 177 Å². The number of amides is 2. The lowest BCUT2D eigenvalue weighted by Crippen LogP contribution is -2.28. The fourth-order valence-electron chi connectivity index (χ4n) is 2.57. The molecule has 0 unspecified atom stereocenters. The first-order valence-corrected chi connectivity index (χ1v) is 10.8. The second-order valence-corrected chi connectivity index (χ2v) is 8.83. The Hall–Kier alpha value is -2.91. The lowest BCUT2D eigenvalue weighted by atomic mass is 10.3. The van der Waals surface area contributed by atoms with E-state index in [2.05, 4.69) is 31.5 Å². The fraction of sp³-hybridized carbons (Fsp3) is 0.100. The topological polar surface area (TPSA) is 97.4 Å². The van der Waals surface area contributed by atoms with Crippen LogP contribution in [0.15, 0.2) is 81.3 Å². The molecule has 1 aromatic heterocycles. The molecule has 29 heavy (non-hydrogen) atoms. The van der Waals surface area contributed by atoms with Gasteiger partial charge in [-0.2, -0.15) is 0 Å². The van der Waals surface area contributed by atoms with Crippen LogP contribution < -0.4 is 15.4 Å². The molecule has 2 N–H and O–H groups in total. The van der Waals surface area contributed by atoms with Crippen molar-refractivity contribution in [2.75, 3.05) is 12.4 Å². The van der Waals surface area contributed by atoms with Gasteiger partial charge in [0.15, 0.2) is 0 Å². The van der Waals surface area contributed by atoms with E-state index < -0.39 is 15.9 Å². The molecular formula is C20H18BrN3O4S. The number of nitrogens with zero attached hydrogens (tertiary/aromatic N) is 1. The number of benzene rings is 2. The van der Waals surface area contributed by atoms with Crippen molar-refractivity contribution < 1.29 is 17.9 Å². The van der Waals surface area contributed by atoms with Crippen molar-refractivity contribution in [2.24, 2.45) is 0 Å². The number of urea groups is 1. The third-order valence-electron chi connectivity index (χ3n) is 4.01. The highest BCUT2D eigenvalue weighted by Gasteiger charge is 2.22. The maximum Gasteiger partial charge on any atom is 0.319 e. The molecule has 0 saturated carbocycles. The number of pyridine rings is 1. The minimum absolute atomic E-state index is 0.0677. The van der Waals surface area contributed by atoms with Gasteiger partial charge in [-0.1, -0.05) is 22.0 Å². The zero-order valence-electron chi connectivity index (χ0n) is 15.4. The van der Waals surface area contributed by atoms with Gasteiger partial charge >= 0.3 is 6.03 Å². The molecule has 0 saturated heterocycles. The zero-order valence-corrected chi connectivity index (χ0v) is 17.8. The van der Waals surface area contributed by atoms with Crippen LogP contribution in [0.4, 0.5) is 10.5 Å². The van der Waals surface area contributed by atoms with Crippen LogP contribution in [-0.2, 0) is 16.4 Å². The van der Waals surface area contributed by atoms with E-state index in [0.29, 0.717) is 16.7 Å². The number of halogens is 1. The molecule has 0 aliphatic carbocycles. The summed E-state index contributed by atoms with van der Waals surface area (Å²) in [5.74, 6) is 0.247. The minimum atomic E-state index is -3.77. The maximum absolute atomic E-state index is 12.9. The van der Waals surface area contributed by atoms with E-state index in [1.807, 2.05) is 6.07 Å². The van der Waals surface area contributed by atoms with Gasteiger partial charge in [-0.25, -0.2) is 13.2 Å². The van der Waals surface area contributed by atoms with Crippen LogP contribution in [-0.4, -0.2) is 26.5 Å². The Morgan fingerprint density at radius 1 is 1.14 bits per heavy atom. The summed E-state index contributed by atoms with van der Waals surface area (Å²) < 4.78 is 31.7. The minimum Gasteiger partial charge on any atom is -0.495 e. The third-order valence-corrected chi connectivity index (χ3v) is 6.32. The Balaban J connectivity index is 1.70. The Bertz CT molecular complexity index is 1100.